The maximum Gasteiger partial charge on any atom is 1.00 e. The summed E-state index contributed by atoms with van der Waals surface area (Å²) in [5.74, 6) is -1.18. The summed E-state index contributed by atoms with van der Waals surface area (Å²) in [7, 11) is 0. The summed E-state index contributed by atoms with van der Waals surface area (Å²) in [5, 5.41) is 11.1. The summed E-state index contributed by atoms with van der Waals surface area (Å²) >= 11 is 17.2. The molecule has 0 aliphatic rings. The Labute approximate surface area is 130 Å². The number of carbonyl (C=O) groups is 1. The Bertz CT molecular complexity index is 398. The van der Waals surface area contributed by atoms with Gasteiger partial charge in [-0.15, -0.1) is 0 Å². The molecule has 0 radical (unpaired) electrons. The van der Waals surface area contributed by atoms with Crippen LogP contribution in [0.2, 0.25) is 15.1 Å². The van der Waals surface area contributed by atoms with E-state index >= 15 is 0 Å². The Morgan fingerprint density at radius 2 is 1.75 bits per heavy atom. The fourth-order valence-electron chi connectivity index (χ4n) is 0.833. The fraction of sp³-hybridized carbons (Fsp3) is 0.222. The molecule has 0 amide bonds. The van der Waals surface area contributed by atoms with E-state index in [1.807, 2.05) is 0 Å². The van der Waals surface area contributed by atoms with Gasteiger partial charge in [-0.1, -0.05) is 34.8 Å². The molecule has 0 heterocycles. The average molecular weight is 291 g/mol. The van der Waals surface area contributed by atoms with Gasteiger partial charge >= 0.3 is 29.6 Å². The third-order valence-corrected chi connectivity index (χ3v) is 2.63. The number of carboxylic acids is 1. The summed E-state index contributed by atoms with van der Waals surface area (Å²) < 4.78 is 5.01. The Kier molecular flexibility index (Phi) is 7.10. The Morgan fingerprint density at radius 3 is 2.25 bits per heavy atom. The maximum absolute atomic E-state index is 10.4. The molecule has 7 heteroatoms. The number of carbonyl (C=O) groups excluding carboxylic acids is 1. The van der Waals surface area contributed by atoms with Gasteiger partial charge in [0.05, 0.1) is 21.0 Å². The van der Waals surface area contributed by atoms with E-state index in [1.165, 1.54) is 19.1 Å². The van der Waals surface area contributed by atoms with Gasteiger partial charge in [0, 0.05) is 6.07 Å². The minimum Gasteiger partial charge on any atom is -0.546 e. The van der Waals surface area contributed by atoms with Gasteiger partial charge in [0.1, 0.15) is 11.9 Å². The molecule has 16 heavy (non-hydrogen) atoms. The van der Waals surface area contributed by atoms with Crippen LogP contribution in [0.25, 0.3) is 0 Å². The summed E-state index contributed by atoms with van der Waals surface area (Å²) in [6.45, 7) is 1.33. The maximum atomic E-state index is 10.4. The van der Waals surface area contributed by atoms with Crippen LogP contribution in [0.5, 0.6) is 5.75 Å². The standard InChI is InChI=1S/C9H7Cl3O3.Na/c1-4(9(13)14)15-8-3-6(11)5(10)2-7(8)12;/h2-4H,1H3,(H,13,14);/q;+1/p-1. The minimum atomic E-state index is -1.34. The zero-order valence-electron chi connectivity index (χ0n) is 8.59. The molecule has 0 N–H and O–H groups in total. The van der Waals surface area contributed by atoms with Crippen LogP contribution in [-0.4, -0.2) is 12.1 Å². The van der Waals surface area contributed by atoms with Gasteiger partial charge in [-0.25, -0.2) is 0 Å². The van der Waals surface area contributed by atoms with Gasteiger partial charge in [-0.05, 0) is 13.0 Å². The van der Waals surface area contributed by atoms with E-state index in [9.17, 15) is 9.90 Å². The summed E-state index contributed by atoms with van der Waals surface area (Å²) in [6, 6.07) is 2.73. The first kappa shape index (κ1) is 16.4. The number of aliphatic carboxylic acids is 1. The third-order valence-electron chi connectivity index (χ3n) is 1.61. The van der Waals surface area contributed by atoms with Crippen molar-refractivity contribution in [3.05, 3.63) is 27.2 Å². The van der Waals surface area contributed by atoms with Crippen molar-refractivity contribution >= 4 is 40.8 Å². The predicted octanol–water partition coefficient (Wildman–Crippen LogP) is -0.832. The van der Waals surface area contributed by atoms with E-state index < -0.39 is 12.1 Å². The predicted molar refractivity (Wildman–Crippen MR) is 56.6 cm³/mol. The quantitative estimate of drug-likeness (QED) is 0.539. The third kappa shape index (κ3) is 4.32. The first-order valence-corrected chi connectivity index (χ1v) is 5.07. The van der Waals surface area contributed by atoms with Crippen LogP contribution in [0.1, 0.15) is 6.92 Å². The van der Waals surface area contributed by atoms with Crippen LogP contribution in [-0.2, 0) is 4.79 Å². The monoisotopic (exact) mass is 290 g/mol. The number of hydrogen-bond acceptors (Lipinski definition) is 3. The normalized spacial score (nSPS) is 11.5. The molecule has 0 spiro atoms. The Morgan fingerprint density at radius 1 is 1.25 bits per heavy atom. The van der Waals surface area contributed by atoms with Crippen molar-refractivity contribution in [1.29, 1.82) is 0 Å². The summed E-state index contributed by atoms with van der Waals surface area (Å²) in [5.41, 5.74) is 0. The van der Waals surface area contributed by atoms with E-state index in [1.54, 1.807) is 0 Å². The average Bonchev–Trinajstić information content (AvgIpc) is 2.13. The van der Waals surface area contributed by atoms with E-state index in [2.05, 4.69) is 0 Å². The van der Waals surface area contributed by atoms with Gasteiger partial charge in [0.25, 0.3) is 0 Å². The Hall–Kier alpha value is 0.360. The van der Waals surface area contributed by atoms with Crippen molar-refractivity contribution in [2.45, 2.75) is 13.0 Å². The molecule has 1 rings (SSSR count). The molecule has 0 aliphatic heterocycles. The van der Waals surface area contributed by atoms with Crippen molar-refractivity contribution < 1.29 is 44.2 Å². The van der Waals surface area contributed by atoms with Crippen molar-refractivity contribution in [3.8, 4) is 5.75 Å². The molecule has 0 bridgehead atoms. The van der Waals surface area contributed by atoms with Crippen molar-refractivity contribution in [2.24, 2.45) is 0 Å². The number of benzene rings is 1. The molecule has 0 fully saturated rings. The molecule has 0 saturated carbocycles. The van der Waals surface area contributed by atoms with Crippen LogP contribution in [0.15, 0.2) is 12.1 Å². The van der Waals surface area contributed by atoms with Crippen LogP contribution in [0.3, 0.4) is 0 Å². The zero-order chi connectivity index (χ0) is 11.6. The SMILES string of the molecule is CC(Oc1cc(Cl)c(Cl)cc1Cl)C(=O)[O-].[Na+]. The minimum absolute atomic E-state index is 0. The van der Waals surface area contributed by atoms with Crippen molar-refractivity contribution in [1.82, 2.24) is 0 Å². The summed E-state index contributed by atoms with van der Waals surface area (Å²) in [6.07, 6.45) is -1.11. The van der Waals surface area contributed by atoms with Gasteiger partial charge in [0.15, 0.2) is 0 Å². The molecule has 0 aliphatic carbocycles. The van der Waals surface area contributed by atoms with E-state index in [-0.39, 0.29) is 50.4 Å². The van der Waals surface area contributed by atoms with E-state index in [4.69, 9.17) is 39.5 Å². The first-order chi connectivity index (χ1) is 6.91. The van der Waals surface area contributed by atoms with Crippen LogP contribution in [0.4, 0.5) is 0 Å². The van der Waals surface area contributed by atoms with Crippen molar-refractivity contribution in [3.63, 3.8) is 0 Å². The van der Waals surface area contributed by atoms with Crippen molar-refractivity contribution in [2.75, 3.05) is 0 Å². The van der Waals surface area contributed by atoms with Crippen LogP contribution < -0.4 is 39.4 Å². The molecule has 1 atom stereocenters. The van der Waals surface area contributed by atoms with Crippen LogP contribution >= 0.6 is 34.8 Å². The molecule has 82 valence electrons. The number of halogens is 3. The molecule has 3 nitrogen and oxygen atoms in total. The molecule has 0 saturated heterocycles. The number of rotatable bonds is 3. The fourth-order valence-corrected chi connectivity index (χ4v) is 1.41. The second-order valence-corrected chi connectivity index (χ2v) is 4.00. The van der Waals surface area contributed by atoms with Gasteiger partial charge in [-0.3, -0.25) is 0 Å². The molecular weight excluding hydrogens is 285 g/mol. The zero-order valence-corrected chi connectivity index (χ0v) is 12.9. The van der Waals surface area contributed by atoms with Gasteiger partial charge < -0.3 is 14.6 Å². The number of hydrogen-bond donors (Lipinski definition) is 0. The molecule has 0 aromatic heterocycles. The Balaban J connectivity index is 0.00000225. The number of carboxylic acid groups (broad SMARTS) is 1. The molecular formula is C9H6Cl3NaO3. The topological polar surface area (TPSA) is 49.4 Å². The van der Waals surface area contributed by atoms with Gasteiger partial charge in [-0.2, -0.15) is 0 Å². The van der Waals surface area contributed by atoms with Crippen LogP contribution in [0, 0.1) is 0 Å². The molecule has 1 unspecified atom stereocenters. The smallest absolute Gasteiger partial charge is 0.546 e. The largest absolute Gasteiger partial charge is 1.00 e. The van der Waals surface area contributed by atoms with E-state index in [0.717, 1.165) is 0 Å². The second kappa shape index (κ2) is 6.94. The van der Waals surface area contributed by atoms with Gasteiger partial charge in [0.2, 0.25) is 0 Å². The van der Waals surface area contributed by atoms with E-state index in [0.29, 0.717) is 0 Å². The molecule has 1 aromatic carbocycles. The number of ether oxygens (including phenoxy) is 1. The molecule has 1 aromatic rings. The second-order valence-electron chi connectivity index (χ2n) is 2.78. The summed E-state index contributed by atoms with van der Waals surface area (Å²) in [4.78, 5) is 10.4. The first-order valence-electron chi connectivity index (χ1n) is 3.94.